The molecule has 3 aromatic rings. The smallest absolute Gasteiger partial charge is 0.300 e. The number of aromatic nitrogens is 1. The number of hydrogen-bond acceptors (Lipinski definition) is 5. The van der Waals surface area contributed by atoms with E-state index in [1.54, 1.807) is 48.7 Å². The van der Waals surface area contributed by atoms with E-state index >= 15 is 0 Å². The maximum atomic E-state index is 13.3. The normalized spacial score (nSPS) is 17.1. The summed E-state index contributed by atoms with van der Waals surface area (Å²) in [5.74, 6) is -1.10. The molecule has 1 aromatic heterocycles. The molecule has 0 spiro atoms. The van der Waals surface area contributed by atoms with E-state index in [1.165, 1.54) is 10.5 Å². The summed E-state index contributed by atoms with van der Waals surface area (Å²) in [4.78, 5) is 32.4. The van der Waals surface area contributed by atoms with E-state index in [2.05, 4.69) is 11.9 Å². The van der Waals surface area contributed by atoms with Crippen molar-refractivity contribution in [2.45, 2.75) is 45.6 Å². The van der Waals surface area contributed by atoms with Gasteiger partial charge >= 0.3 is 0 Å². The minimum Gasteiger partial charge on any atom is -0.507 e. The van der Waals surface area contributed by atoms with Gasteiger partial charge in [-0.1, -0.05) is 50.6 Å². The number of rotatable bonds is 9. The standard InChI is InChI=1S/C29H30N2O4/c1-3-5-9-20-13-15-22(16-14-20)31-26(24-12-6-7-17-30-24)25(28(33)29(31)34)27(32)21-10-8-11-23(19-21)35-18-4-2/h6-8,10-17,19,26,32H,3-5,9,18H2,1-2H3/b27-25-. The van der Waals surface area contributed by atoms with Crippen LogP contribution in [0.25, 0.3) is 5.76 Å². The number of aryl methyl sites for hydroxylation is 1. The monoisotopic (exact) mass is 470 g/mol. The Morgan fingerprint density at radius 1 is 1.00 bits per heavy atom. The van der Waals surface area contributed by atoms with Crippen LogP contribution in [0, 0.1) is 0 Å². The zero-order valence-electron chi connectivity index (χ0n) is 20.1. The van der Waals surface area contributed by atoms with Crippen LogP contribution in [0.15, 0.2) is 78.5 Å². The average Bonchev–Trinajstić information content (AvgIpc) is 3.17. The van der Waals surface area contributed by atoms with Crippen molar-refractivity contribution in [1.29, 1.82) is 0 Å². The third kappa shape index (κ3) is 5.11. The summed E-state index contributed by atoms with van der Waals surface area (Å²) in [6.07, 6.45) is 5.59. The van der Waals surface area contributed by atoms with Gasteiger partial charge in [0.15, 0.2) is 0 Å². The van der Waals surface area contributed by atoms with Crippen molar-refractivity contribution in [2.24, 2.45) is 0 Å². The Bertz CT molecular complexity index is 1220. The Kier molecular flexibility index (Phi) is 7.60. The number of nitrogens with zero attached hydrogens (tertiary/aromatic N) is 2. The van der Waals surface area contributed by atoms with Crippen LogP contribution < -0.4 is 9.64 Å². The van der Waals surface area contributed by atoms with Crippen LogP contribution >= 0.6 is 0 Å². The number of ketones is 1. The maximum absolute atomic E-state index is 13.3. The van der Waals surface area contributed by atoms with Crippen molar-refractivity contribution in [1.82, 2.24) is 4.98 Å². The Morgan fingerprint density at radius 2 is 1.80 bits per heavy atom. The largest absolute Gasteiger partial charge is 0.507 e. The highest BCUT2D eigenvalue weighted by Crippen LogP contribution is 2.41. The van der Waals surface area contributed by atoms with E-state index in [-0.39, 0.29) is 11.3 Å². The van der Waals surface area contributed by atoms with Crippen LogP contribution in [-0.4, -0.2) is 28.4 Å². The molecule has 1 amide bonds. The topological polar surface area (TPSA) is 79.7 Å². The fourth-order valence-corrected chi connectivity index (χ4v) is 4.23. The second-order valence-corrected chi connectivity index (χ2v) is 8.57. The zero-order chi connectivity index (χ0) is 24.8. The molecule has 0 bridgehead atoms. The first kappa shape index (κ1) is 24.2. The number of ether oxygens (including phenoxy) is 1. The van der Waals surface area contributed by atoms with Gasteiger partial charge < -0.3 is 9.84 Å². The number of Topliss-reactive ketones (excluding diaryl/α,β-unsaturated/α-hetero) is 1. The van der Waals surface area contributed by atoms with E-state index in [0.717, 1.165) is 25.7 Å². The van der Waals surface area contributed by atoms with Crippen LogP contribution in [0.5, 0.6) is 5.75 Å². The van der Waals surface area contributed by atoms with Crippen molar-refractivity contribution >= 4 is 23.1 Å². The van der Waals surface area contributed by atoms with Crippen molar-refractivity contribution < 1.29 is 19.4 Å². The molecule has 0 saturated carbocycles. The highest BCUT2D eigenvalue weighted by atomic mass is 16.5. The Morgan fingerprint density at radius 3 is 2.49 bits per heavy atom. The Hall–Kier alpha value is -3.93. The predicted molar refractivity (Wildman–Crippen MR) is 136 cm³/mol. The molecule has 35 heavy (non-hydrogen) atoms. The van der Waals surface area contributed by atoms with Gasteiger partial charge in [0.2, 0.25) is 0 Å². The number of unbranched alkanes of at least 4 members (excludes halogenated alkanes) is 1. The van der Waals surface area contributed by atoms with E-state index in [4.69, 9.17) is 4.74 Å². The first-order chi connectivity index (χ1) is 17.0. The third-order valence-electron chi connectivity index (χ3n) is 6.03. The van der Waals surface area contributed by atoms with E-state index in [1.807, 2.05) is 31.2 Å². The quantitative estimate of drug-likeness (QED) is 0.241. The lowest BCUT2D eigenvalue weighted by Gasteiger charge is -2.24. The first-order valence-corrected chi connectivity index (χ1v) is 12.1. The Labute approximate surface area is 205 Å². The van der Waals surface area contributed by atoms with E-state index < -0.39 is 17.7 Å². The molecule has 1 aliphatic heterocycles. The number of pyridine rings is 1. The lowest BCUT2D eigenvalue weighted by molar-refractivity contribution is -0.132. The number of hydrogen-bond donors (Lipinski definition) is 1. The van der Waals surface area contributed by atoms with Crippen molar-refractivity contribution in [3.8, 4) is 5.75 Å². The molecule has 1 aliphatic rings. The van der Waals surface area contributed by atoms with Gasteiger partial charge in [-0.3, -0.25) is 19.5 Å². The molecule has 2 aromatic carbocycles. The van der Waals surface area contributed by atoms with Gasteiger partial charge in [0, 0.05) is 17.4 Å². The van der Waals surface area contributed by atoms with Gasteiger partial charge in [0.1, 0.15) is 17.6 Å². The average molecular weight is 471 g/mol. The van der Waals surface area contributed by atoms with Crippen LogP contribution in [0.2, 0.25) is 0 Å². The molecule has 6 nitrogen and oxygen atoms in total. The molecule has 0 aliphatic carbocycles. The van der Waals surface area contributed by atoms with Crippen molar-refractivity contribution in [3.63, 3.8) is 0 Å². The molecule has 1 N–H and O–H groups in total. The van der Waals surface area contributed by atoms with Gasteiger partial charge in [-0.2, -0.15) is 0 Å². The van der Waals surface area contributed by atoms with Gasteiger partial charge in [-0.25, -0.2) is 0 Å². The summed E-state index contributed by atoms with van der Waals surface area (Å²) in [5.41, 5.74) is 2.68. The highest BCUT2D eigenvalue weighted by Gasteiger charge is 2.47. The van der Waals surface area contributed by atoms with Crippen LogP contribution in [0.3, 0.4) is 0 Å². The molecule has 4 rings (SSSR count). The molecule has 180 valence electrons. The minimum absolute atomic E-state index is 0.0106. The summed E-state index contributed by atoms with van der Waals surface area (Å²) < 4.78 is 5.69. The lowest BCUT2D eigenvalue weighted by atomic mass is 9.98. The fourth-order valence-electron chi connectivity index (χ4n) is 4.23. The van der Waals surface area contributed by atoms with E-state index in [9.17, 15) is 14.7 Å². The van der Waals surface area contributed by atoms with Gasteiger partial charge in [-0.15, -0.1) is 0 Å². The third-order valence-corrected chi connectivity index (χ3v) is 6.03. The summed E-state index contributed by atoms with van der Waals surface area (Å²) in [6, 6.07) is 19.1. The number of carbonyl (C=O) groups excluding carboxylic acids is 2. The van der Waals surface area contributed by atoms with Crippen LogP contribution in [-0.2, 0) is 16.0 Å². The molecule has 1 fully saturated rings. The molecule has 1 unspecified atom stereocenters. The summed E-state index contributed by atoms with van der Waals surface area (Å²) in [6.45, 7) is 4.69. The zero-order valence-corrected chi connectivity index (χ0v) is 20.1. The molecule has 2 heterocycles. The molecular formula is C29H30N2O4. The number of aliphatic hydroxyl groups is 1. The molecular weight excluding hydrogens is 440 g/mol. The van der Waals surface area contributed by atoms with Crippen molar-refractivity contribution in [2.75, 3.05) is 11.5 Å². The number of carbonyl (C=O) groups is 2. The molecule has 1 atom stereocenters. The second kappa shape index (κ2) is 11.0. The number of benzene rings is 2. The lowest BCUT2D eigenvalue weighted by Crippen LogP contribution is -2.29. The SMILES string of the molecule is CCCCc1ccc(N2C(=O)C(=O)/C(=C(\O)c3cccc(OCCC)c3)C2c2ccccn2)cc1. The number of amides is 1. The molecule has 1 saturated heterocycles. The summed E-state index contributed by atoms with van der Waals surface area (Å²) >= 11 is 0. The summed E-state index contributed by atoms with van der Waals surface area (Å²) in [7, 11) is 0. The van der Waals surface area contributed by atoms with Gasteiger partial charge in [-0.05, 0) is 61.2 Å². The summed E-state index contributed by atoms with van der Waals surface area (Å²) in [5, 5.41) is 11.3. The van der Waals surface area contributed by atoms with Gasteiger partial charge in [0.25, 0.3) is 11.7 Å². The first-order valence-electron chi connectivity index (χ1n) is 12.1. The van der Waals surface area contributed by atoms with Crippen molar-refractivity contribution in [3.05, 3.63) is 95.3 Å². The van der Waals surface area contributed by atoms with Gasteiger partial charge in [0.05, 0.1) is 17.9 Å². The minimum atomic E-state index is -0.849. The maximum Gasteiger partial charge on any atom is 0.300 e. The van der Waals surface area contributed by atoms with Crippen LogP contribution in [0.4, 0.5) is 5.69 Å². The van der Waals surface area contributed by atoms with Crippen LogP contribution in [0.1, 0.15) is 56.0 Å². The van der Waals surface area contributed by atoms with E-state index in [0.29, 0.717) is 29.3 Å². The molecule has 0 radical (unpaired) electrons. The molecule has 6 heteroatoms. The second-order valence-electron chi connectivity index (χ2n) is 8.57. The Balaban J connectivity index is 1.80. The fraction of sp³-hybridized carbons (Fsp3) is 0.276. The predicted octanol–water partition coefficient (Wildman–Crippen LogP) is 5.84. The number of aliphatic hydroxyl groups excluding tert-OH is 1. The highest BCUT2D eigenvalue weighted by molar-refractivity contribution is 6.51. The number of anilines is 1.